The minimum atomic E-state index is 0.308. The quantitative estimate of drug-likeness (QED) is 0.717. The van der Waals surface area contributed by atoms with Crippen LogP contribution < -0.4 is 0 Å². The van der Waals surface area contributed by atoms with Gasteiger partial charge in [-0.3, -0.25) is 0 Å². The molecule has 13 heavy (non-hydrogen) atoms. The molecular formula is C7H2BrCl3N2. The van der Waals surface area contributed by atoms with Crippen molar-refractivity contribution in [2.75, 3.05) is 0 Å². The minimum absolute atomic E-state index is 0.308. The summed E-state index contributed by atoms with van der Waals surface area (Å²) in [4.78, 5) is 0. The second kappa shape index (κ2) is 3.31. The summed E-state index contributed by atoms with van der Waals surface area (Å²) < 4.78 is 2.22. The third-order valence-electron chi connectivity index (χ3n) is 1.56. The van der Waals surface area contributed by atoms with Crippen LogP contribution in [0.3, 0.4) is 0 Å². The summed E-state index contributed by atoms with van der Waals surface area (Å²) in [6, 6.07) is 3.36. The zero-order chi connectivity index (χ0) is 9.59. The lowest BCUT2D eigenvalue weighted by Gasteiger charge is -1.97. The largest absolute Gasteiger partial charge is 0.218 e. The molecule has 2 heterocycles. The molecule has 0 fully saturated rings. The molecule has 2 nitrogen and oxygen atoms in total. The van der Waals surface area contributed by atoms with Crippen LogP contribution in [0, 0.1) is 0 Å². The van der Waals surface area contributed by atoms with E-state index >= 15 is 0 Å². The normalized spacial score (nSPS) is 11.1. The van der Waals surface area contributed by atoms with Crippen molar-refractivity contribution in [2.24, 2.45) is 0 Å². The summed E-state index contributed by atoms with van der Waals surface area (Å²) in [5.41, 5.74) is 0.725. The van der Waals surface area contributed by atoms with Crippen LogP contribution in [0.15, 0.2) is 16.6 Å². The number of hydrogen-bond donors (Lipinski definition) is 0. The zero-order valence-electron chi connectivity index (χ0n) is 6.06. The van der Waals surface area contributed by atoms with E-state index < -0.39 is 0 Å². The van der Waals surface area contributed by atoms with Crippen LogP contribution in [0.2, 0.25) is 15.3 Å². The molecule has 0 bridgehead atoms. The number of rotatable bonds is 0. The van der Waals surface area contributed by atoms with Gasteiger partial charge in [0, 0.05) is 0 Å². The second-order valence-corrected chi connectivity index (χ2v) is 4.40. The maximum absolute atomic E-state index is 5.92. The van der Waals surface area contributed by atoms with E-state index in [2.05, 4.69) is 21.0 Å². The molecule has 68 valence electrons. The summed E-state index contributed by atoms with van der Waals surface area (Å²) in [5.74, 6) is 0. The highest BCUT2D eigenvalue weighted by atomic mass is 79.9. The monoisotopic (exact) mass is 298 g/mol. The first-order chi connectivity index (χ1) is 6.09. The highest BCUT2D eigenvalue weighted by molar-refractivity contribution is 9.10. The van der Waals surface area contributed by atoms with Crippen LogP contribution in [0.4, 0.5) is 0 Å². The molecule has 0 unspecified atom stereocenters. The first kappa shape index (κ1) is 9.59. The molecule has 0 radical (unpaired) electrons. The third-order valence-corrected chi connectivity index (χ3v) is 3.24. The maximum Gasteiger partial charge on any atom is 0.151 e. The van der Waals surface area contributed by atoms with Crippen molar-refractivity contribution in [3.8, 4) is 0 Å². The van der Waals surface area contributed by atoms with Crippen LogP contribution in [-0.4, -0.2) is 9.61 Å². The van der Waals surface area contributed by atoms with Gasteiger partial charge in [0.2, 0.25) is 0 Å². The number of nitrogens with zero attached hydrogens (tertiary/aromatic N) is 2. The molecule has 0 aromatic carbocycles. The van der Waals surface area contributed by atoms with E-state index in [-0.39, 0.29) is 0 Å². The highest BCUT2D eigenvalue weighted by Gasteiger charge is 2.10. The van der Waals surface area contributed by atoms with Crippen LogP contribution in [-0.2, 0) is 0 Å². The lowest BCUT2D eigenvalue weighted by Crippen LogP contribution is -1.91. The lowest BCUT2D eigenvalue weighted by molar-refractivity contribution is 0.941. The average Bonchev–Trinajstić information content (AvgIpc) is 2.32. The Hall–Kier alpha value is 0.0400. The fraction of sp³-hybridized carbons (Fsp3) is 0. The molecule has 0 amide bonds. The Morgan fingerprint density at radius 2 is 1.92 bits per heavy atom. The molecular weight excluding hydrogens is 298 g/mol. The SMILES string of the molecule is Clc1cc(Cl)c2cc(Br)c(Cl)n2n1. The van der Waals surface area contributed by atoms with Gasteiger partial charge in [-0.15, -0.1) is 0 Å². The van der Waals surface area contributed by atoms with Crippen LogP contribution in [0.5, 0.6) is 0 Å². The molecule has 0 aliphatic carbocycles. The van der Waals surface area contributed by atoms with E-state index in [1.54, 1.807) is 12.1 Å². The smallest absolute Gasteiger partial charge is 0.151 e. The Labute approximate surface area is 97.5 Å². The molecule has 0 atom stereocenters. The molecule has 2 rings (SSSR count). The molecule has 0 N–H and O–H groups in total. The highest BCUT2D eigenvalue weighted by Crippen LogP contribution is 2.30. The van der Waals surface area contributed by atoms with Crippen molar-refractivity contribution < 1.29 is 0 Å². The van der Waals surface area contributed by atoms with Crippen molar-refractivity contribution in [3.05, 3.63) is 31.9 Å². The Bertz CT molecular complexity index is 480. The van der Waals surface area contributed by atoms with E-state index in [9.17, 15) is 0 Å². The van der Waals surface area contributed by atoms with Crippen molar-refractivity contribution in [3.63, 3.8) is 0 Å². The Kier molecular flexibility index (Phi) is 2.45. The third kappa shape index (κ3) is 1.54. The van der Waals surface area contributed by atoms with Gasteiger partial charge in [0.1, 0.15) is 5.15 Å². The van der Waals surface area contributed by atoms with E-state index in [4.69, 9.17) is 34.8 Å². The number of fused-ring (bicyclic) bond motifs is 1. The van der Waals surface area contributed by atoms with Gasteiger partial charge in [0.25, 0.3) is 0 Å². The van der Waals surface area contributed by atoms with Crippen LogP contribution >= 0.6 is 50.7 Å². The standard InChI is InChI=1S/C7H2BrCl3N2/c8-3-1-5-4(9)2-6(10)12-13(5)7(3)11/h1-2H. The van der Waals surface area contributed by atoms with E-state index in [1.807, 2.05) is 0 Å². The summed E-state index contributed by atoms with van der Waals surface area (Å²) >= 11 is 20.8. The Balaban J connectivity index is 2.94. The fourth-order valence-electron chi connectivity index (χ4n) is 1.02. The van der Waals surface area contributed by atoms with Crippen molar-refractivity contribution >= 4 is 56.2 Å². The first-order valence-corrected chi connectivity index (χ1v) is 5.21. The van der Waals surface area contributed by atoms with Crippen LogP contribution in [0.25, 0.3) is 5.52 Å². The molecule has 0 aliphatic rings. The average molecular weight is 300 g/mol. The van der Waals surface area contributed by atoms with Gasteiger partial charge < -0.3 is 0 Å². The van der Waals surface area contributed by atoms with Crippen molar-refractivity contribution in [1.29, 1.82) is 0 Å². The Morgan fingerprint density at radius 1 is 1.23 bits per heavy atom. The van der Waals surface area contributed by atoms with Gasteiger partial charge in [-0.25, -0.2) is 4.52 Å². The molecule has 0 saturated carbocycles. The summed E-state index contributed by atoms with van der Waals surface area (Å²) in [6.07, 6.45) is 0. The van der Waals surface area contributed by atoms with Gasteiger partial charge in [0.05, 0.1) is 15.0 Å². The predicted octanol–water partition coefficient (Wildman–Crippen LogP) is 4.06. The second-order valence-electron chi connectivity index (χ2n) is 2.40. The van der Waals surface area contributed by atoms with Gasteiger partial charge in [-0.2, -0.15) is 5.10 Å². The minimum Gasteiger partial charge on any atom is -0.218 e. The molecule has 0 spiro atoms. The lowest BCUT2D eigenvalue weighted by atomic mass is 10.4. The van der Waals surface area contributed by atoms with Crippen molar-refractivity contribution in [2.45, 2.75) is 0 Å². The summed E-state index contributed by atoms with van der Waals surface area (Å²) in [5, 5.41) is 5.28. The number of halogens is 4. The van der Waals surface area contributed by atoms with E-state index in [1.165, 1.54) is 4.52 Å². The van der Waals surface area contributed by atoms with Gasteiger partial charge in [-0.1, -0.05) is 34.8 Å². The summed E-state index contributed by atoms with van der Waals surface area (Å²) in [6.45, 7) is 0. The fourth-order valence-corrected chi connectivity index (χ4v) is 2.07. The maximum atomic E-state index is 5.92. The predicted molar refractivity (Wildman–Crippen MR) is 57.9 cm³/mol. The van der Waals surface area contributed by atoms with E-state index in [0.717, 1.165) is 9.99 Å². The van der Waals surface area contributed by atoms with Crippen molar-refractivity contribution in [1.82, 2.24) is 9.61 Å². The molecule has 0 aliphatic heterocycles. The van der Waals surface area contributed by atoms with Gasteiger partial charge in [-0.05, 0) is 28.1 Å². The van der Waals surface area contributed by atoms with Gasteiger partial charge in [0.15, 0.2) is 5.15 Å². The Morgan fingerprint density at radius 3 is 2.62 bits per heavy atom. The molecule has 6 heteroatoms. The number of aromatic nitrogens is 2. The van der Waals surface area contributed by atoms with Gasteiger partial charge >= 0.3 is 0 Å². The molecule has 0 saturated heterocycles. The molecule has 2 aromatic heterocycles. The van der Waals surface area contributed by atoms with Crippen LogP contribution in [0.1, 0.15) is 0 Å². The summed E-state index contributed by atoms with van der Waals surface area (Å²) in [7, 11) is 0. The first-order valence-electron chi connectivity index (χ1n) is 3.28. The number of hydrogen-bond acceptors (Lipinski definition) is 1. The zero-order valence-corrected chi connectivity index (χ0v) is 9.91. The molecule has 2 aromatic rings. The van der Waals surface area contributed by atoms with E-state index in [0.29, 0.717) is 15.3 Å². The topological polar surface area (TPSA) is 17.3 Å².